The van der Waals surface area contributed by atoms with Gasteiger partial charge in [-0.25, -0.2) is 4.79 Å². The lowest BCUT2D eigenvalue weighted by Gasteiger charge is -2.26. The number of carbonyl (C=O) groups is 1. The summed E-state index contributed by atoms with van der Waals surface area (Å²) in [6, 6.07) is 5.40. The third-order valence-corrected chi connectivity index (χ3v) is 3.68. The minimum absolute atomic E-state index is 0.500. The maximum Gasteiger partial charge on any atom is 0.411 e. The molecule has 1 aliphatic heterocycles. The minimum atomic E-state index is -0.500. The Kier molecular flexibility index (Phi) is 5.68. The lowest BCUT2D eigenvalue weighted by atomic mass is 10.1. The van der Waals surface area contributed by atoms with Crippen molar-refractivity contribution in [3.8, 4) is 0 Å². The van der Waals surface area contributed by atoms with Gasteiger partial charge in [-0.1, -0.05) is 6.42 Å². The summed E-state index contributed by atoms with van der Waals surface area (Å²) in [5, 5.41) is 5.93. The lowest BCUT2D eigenvalue weighted by molar-refractivity contribution is 0.187. The summed E-state index contributed by atoms with van der Waals surface area (Å²) in [7, 11) is 1.33. The number of carbonyl (C=O) groups excluding carboxylic acids is 1. The van der Waals surface area contributed by atoms with Crippen molar-refractivity contribution in [1.82, 2.24) is 4.90 Å². The first-order chi connectivity index (χ1) is 10.2. The van der Waals surface area contributed by atoms with Crippen LogP contribution in [0, 0.1) is 0 Å². The molecule has 1 aliphatic rings. The molecule has 0 spiro atoms. The van der Waals surface area contributed by atoms with Gasteiger partial charge >= 0.3 is 6.09 Å². The van der Waals surface area contributed by atoms with Gasteiger partial charge in [-0.2, -0.15) is 0 Å². The highest BCUT2D eigenvalue weighted by molar-refractivity contribution is 5.86. The number of benzene rings is 1. The van der Waals surface area contributed by atoms with Crippen LogP contribution in [-0.2, 0) is 4.74 Å². The average molecular weight is 292 g/mol. The zero-order chi connectivity index (χ0) is 15.1. The first-order valence-corrected chi connectivity index (χ1v) is 7.40. The molecule has 0 atom stereocenters. The molecule has 0 bridgehead atoms. The van der Waals surface area contributed by atoms with E-state index in [1.54, 1.807) is 12.1 Å². The number of rotatable bonds is 5. The molecule has 0 saturated carbocycles. The van der Waals surface area contributed by atoms with Crippen LogP contribution in [0.25, 0.3) is 0 Å². The van der Waals surface area contributed by atoms with Crippen molar-refractivity contribution in [1.29, 1.82) is 0 Å². The lowest BCUT2D eigenvalue weighted by Crippen LogP contribution is -2.33. The standard InChI is InChI=1S/C15H24N4O2/c1-21-15(20)18-12-5-6-14(13(16)11-12)17-7-10-19-8-3-2-4-9-19/h5-6,11,17H,2-4,7-10,16H2,1H3,(H,18,20). The van der Waals surface area contributed by atoms with Crippen molar-refractivity contribution in [2.24, 2.45) is 0 Å². The van der Waals surface area contributed by atoms with Gasteiger partial charge in [0.2, 0.25) is 0 Å². The molecule has 0 radical (unpaired) electrons. The summed E-state index contributed by atoms with van der Waals surface area (Å²) in [6.07, 6.45) is 3.46. The Morgan fingerprint density at radius 2 is 2.10 bits per heavy atom. The number of amides is 1. The molecule has 1 saturated heterocycles. The largest absolute Gasteiger partial charge is 0.453 e. The number of nitrogens with zero attached hydrogens (tertiary/aromatic N) is 1. The Labute approximate surface area is 125 Å². The Balaban J connectivity index is 1.81. The van der Waals surface area contributed by atoms with E-state index in [0.717, 1.165) is 18.8 Å². The van der Waals surface area contributed by atoms with Gasteiger partial charge in [0.15, 0.2) is 0 Å². The van der Waals surface area contributed by atoms with E-state index in [-0.39, 0.29) is 0 Å². The first-order valence-electron chi connectivity index (χ1n) is 7.40. The molecule has 0 unspecified atom stereocenters. The second kappa shape index (κ2) is 7.73. The molecular formula is C15H24N4O2. The van der Waals surface area contributed by atoms with Crippen LogP contribution in [0.4, 0.5) is 21.9 Å². The van der Waals surface area contributed by atoms with E-state index in [0.29, 0.717) is 11.4 Å². The van der Waals surface area contributed by atoms with Crippen molar-refractivity contribution < 1.29 is 9.53 Å². The van der Waals surface area contributed by atoms with Crippen LogP contribution in [0.3, 0.4) is 0 Å². The Hall–Kier alpha value is -1.95. The number of hydrogen-bond donors (Lipinski definition) is 3. The second-order valence-electron chi connectivity index (χ2n) is 5.25. The monoisotopic (exact) mass is 292 g/mol. The maximum atomic E-state index is 11.1. The number of nitrogens with one attached hydrogen (secondary N) is 2. The van der Waals surface area contributed by atoms with Gasteiger partial charge in [-0.15, -0.1) is 0 Å². The van der Waals surface area contributed by atoms with E-state index in [9.17, 15) is 4.79 Å². The van der Waals surface area contributed by atoms with E-state index >= 15 is 0 Å². The summed E-state index contributed by atoms with van der Waals surface area (Å²) in [5.74, 6) is 0. The van der Waals surface area contributed by atoms with Crippen LogP contribution >= 0.6 is 0 Å². The van der Waals surface area contributed by atoms with Crippen molar-refractivity contribution >= 4 is 23.2 Å². The number of nitrogens with two attached hydrogens (primary N) is 1. The van der Waals surface area contributed by atoms with Gasteiger partial charge in [0.1, 0.15) is 0 Å². The normalized spacial score (nSPS) is 15.5. The number of anilines is 3. The predicted molar refractivity (Wildman–Crippen MR) is 85.7 cm³/mol. The summed E-state index contributed by atoms with van der Waals surface area (Å²) < 4.78 is 4.54. The summed E-state index contributed by atoms with van der Waals surface area (Å²) in [4.78, 5) is 13.6. The smallest absolute Gasteiger partial charge is 0.411 e. The highest BCUT2D eigenvalue weighted by atomic mass is 16.5. The summed E-state index contributed by atoms with van der Waals surface area (Å²) >= 11 is 0. The van der Waals surface area contributed by atoms with E-state index in [1.807, 2.05) is 6.07 Å². The molecule has 6 nitrogen and oxygen atoms in total. The van der Waals surface area contributed by atoms with Gasteiger partial charge in [0.05, 0.1) is 18.5 Å². The third-order valence-electron chi connectivity index (χ3n) is 3.68. The minimum Gasteiger partial charge on any atom is -0.453 e. The van der Waals surface area contributed by atoms with Crippen molar-refractivity contribution in [2.45, 2.75) is 19.3 Å². The Morgan fingerprint density at radius 3 is 2.76 bits per heavy atom. The number of ether oxygens (including phenoxy) is 1. The zero-order valence-electron chi connectivity index (χ0n) is 12.5. The topological polar surface area (TPSA) is 79.6 Å². The average Bonchev–Trinajstić information content (AvgIpc) is 2.50. The van der Waals surface area contributed by atoms with E-state index in [1.165, 1.54) is 39.5 Å². The second-order valence-corrected chi connectivity index (χ2v) is 5.25. The first kappa shape index (κ1) is 15.4. The Bertz CT molecular complexity index is 473. The molecule has 21 heavy (non-hydrogen) atoms. The van der Waals surface area contributed by atoms with Gasteiger partial charge in [-0.05, 0) is 44.1 Å². The highest BCUT2D eigenvalue weighted by Gasteiger charge is 2.09. The molecule has 1 heterocycles. The predicted octanol–water partition coefficient (Wildman–Crippen LogP) is 2.34. The molecule has 0 aliphatic carbocycles. The van der Waals surface area contributed by atoms with Crippen LogP contribution < -0.4 is 16.4 Å². The van der Waals surface area contributed by atoms with E-state index in [4.69, 9.17) is 5.73 Å². The van der Waals surface area contributed by atoms with Crippen molar-refractivity contribution in [2.75, 3.05) is 49.7 Å². The number of piperidine rings is 1. The van der Waals surface area contributed by atoms with E-state index in [2.05, 4.69) is 20.3 Å². The summed E-state index contributed by atoms with van der Waals surface area (Å²) in [6.45, 7) is 4.29. The number of hydrogen-bond acceptors (Lipinski definition) is 5. The molecule has 1 amide bonds. The molecule has 1 fully saturated rings. The van der Waals surface area contributed by atoms with Gasteiger partial charge in [0, 0.05) is 18.8 Å². The van der Waals surface area contributed by atoms with Crippen LogP contribution in [0.5, 0.6) is 0 Å². The third kappa shape index (κ3) is 4.82. The molecule has 1 aromatic rings. The highest BCUT2D eigenvalue weighted by Crippen LogP contribution is 2.22. The van der Waals surface area contributed by atoms with Gasteiger partial charge in [0.25, 0.3) is 0 Å². The molecule has 2 rings (SSSR count). The summed E-state index contributed by atoms with van der Waals surface area (Å²) in [5.41, 5.74) is 8.12. The molecular weight excluding hydrogens is 268 g/mol. The van der Waals surface area contributed by atoms with Crippen LogP contribution in [-0.4, -0.2) is 44.3 Å². The number of methoxy groups -OCH3 is 1. The fourth-order valence-corrected chi connectivity index (χ4v) is 2.50. The van der Waals surface area contributed by atoms with Crippen LogP contribution in [0.15, 0.2) is 18.2 Å². The SMILES string of the molecule is COC(=O)Nc1ccc(NCCN2CCCCC2)c(N)c1. The number of nitrogen functional groups attached to an aromatic ring is 1. The molecule has 4 N–H and O–H groups in total. The number of likely N-dealkylation sites (tertiary alicyclic amines) is 1. The van der Waals surface area contributed by atoms with Gasteiger partial charge in [-0.3, -0.25) is 5.32 Å². The van der Waals surface area contributed by atoms with Crippen LogP contribution in [0.2, 0.25) is 0 Å². The van der Waals surface area contributed by atoms with E-state index < -0.39 is 6.09 Å². The molecule has 0 aromatic heterocycles. The fourth-order valence-electron chi connectivity index (χ4n) is 2.50. The zero-order valence-corrected chi connectivity index (χ0v) is 12.5. The Morgan fingerprint density at radius 1 is 1.33 bits per heavy atom. The van der Waals surface area contributed by atoms with Gasteiger partial charge < -0.3 is 20.7 Å². The van der Waals surface area contributed by atoms with Crippen LogP contribution in [0.1, 0.15) is 19.3 Å². The fraction of sp³-hybridized carbons (Fsp3) is 0.533. The molecule has 6 heteroatoms. The van der Waals surface area contributed by atoms with Crippen molar-refractivity contribution in [3.05, 3.63) is 18.2 Å². The quantitative estimate of drug-likeness (QED) is 0.726. The maximum absolute atomic E-state index is 11.1. The van der Waals surface area contributed by atoms with Crippen molar-refractivity contribution in [3.63, 3.8) is 0 Å². The molecule has 116 valence electrons. The molecule has 1 aromatic carbocycles.